The number of fused-ring (bicyclic) bond motifs is 3. The molecule has 0 amide bonds. The van der Waals surface area contributed by atoms with Gasteiger partial charge in [0.1, 0.15) is 23.7 Å². The summed E-state index contributed by atoms with van der Waals surface area (Å²) in [7, 11) is 1.60. The summed E-state index contributed by atoms with van der Waals surface area (Å²) in [4.78, 5) is 18.5. The Morgan fingerprint density at radius 2 is 1.83 bits per heavy atom. The van der Waals surface area contributed by atoms with Gasteiger partial charge in [0.25, 0.3) is 5.56 Å². The minimum Gasteiger partial charge on any atom is -0.496 e. The van der Waals surface area contributed by atoms with Gasteiger partial charge in [0.05, 0.1) is 29.6 Å². The lowest BCUT2D eigenvalue weighted by atomic mass is 10.2. The third-order valence-corrected chi connectivity index (χ3v) is 7.32. The molecule has 0 saturated heterocycles. The van der Waals surface area contributed by atoms with Gasteiger partial charge in [-0.05, 0) is 66.2 Å². The summed E-state index contributed by atoms with van der Waals surface area (Å²) in [6.45, 7) is 0.502. The van der Waals surface area contributed by atoms with E-state index in [0.717, 1.165) is 15.4 Å². The van der Waals surface area contributed by atoms with Crippen LogP contribution in [0.3, 0.4) is 0 Å². The van der Waals surface area contributed by atoms with E-state index < -0.39 is 0 Å². The molecule has 1 aliphatic heterocycles. The first-order chi connectivity index (χ1) is 20.6. The third kappa shape index (κ3) is 4.75. The van der Waals surface area contributed by atoms with Gasteiger partial charge in [0, 0.05) is 10.0 Å². The van der Waals surface area contributed by atoms with E-state index in [2.05, 4.69) is 21.0 Å². The maximum Gasteiger partial charge on any atom is 0.282 e. The second-order valence-electron chi connectivity index (χ2n) is 9.46. The van der Waals surface area contributed by atoms with Gasteiger partial charge in [-0.1, -0.05) is 40.2 Å². The molecule has 0 fully saturated rings. The van der Waals surface area contributed by atoms with Crippen molar-refractivity contribution in [2.45, 2.75) is 6.61 Å². The Kier molecular flexibility index (Phi) is 6.59. The van der Waals surface area contributed by atoms with E-state index in [0.29, 0.717) is 57.4 Å². The molecular weight excluding hydrogens is 602 g/mol. The molecule has 0 atom stereocenters. The Labute approximate surface area is 247 Å². The molecule has 2 aromatic heterocycles. The number of nitrogens with zero attached hydrogens (tertiary/aromatic N) is 3. The zero-order valence-electron chi connectivity index (χ0n) is 22.2. The Morgan fingerprint density at radius 3 is 2.74 bits per heavy atom. The highest BCUT2D eigenvalue weighted by atomic mass is 79.9. The van der Waals surface area contributed by atoms with Gasteiger partial charge in [-0.2, -0.15) is 9.78 Å². The van der Waals surface area contributed by atoms with Gasteiger partial charge >= 0.3 is 0 Å². The van der Waals surface area contributed by atoms with E-state index in [1.165, 1.54) is 4.68 Å². The second-order valence-corrected chi connectivity index (χ2v) is 10.4. The molecule has 1 aliphatic rings. The van der Waals surface area contributed by atoms with Crippen LogP contribution in [0.25, 0.3) is 33.5 Å². The van der Waals surface area contributed by atoms with Gasteiger partial charge in [-0.3, -0.25) is 4.79 Å². The van der Waals surface area contributed by atoms with Crippen molar-refractivity contribution in [3.05, 3.63) is 111 Å². The highest BCUT2D eigenvalue weighted by Crippen LogP contribution is 2.34. The van der Waals surface area contributed by atoms with E-state index in [1.807, 2.05) is 60.7 Å². The second kappa shape index (κ2) is 10.7. The summed E-state index contributed by atoms with van der Waals surface area (Å²) < 4.78 is 30.7. The zero-order chi connectivity index (χ0) is 28.6. The Morgan fingerprint density at radius 1 is 0.952 bits per heavy atom. The lowest BCUT2D eigenvalue weighted by molar-refractivity contribution is 0.174. The lowest BCUT2D eigenvalue weighted by Gasteiger charge is -2.11. The topological polar surface area (TPSA) is 97.3 Å². The maximum atomic E-state index is 13.7. The van der Waals surface area contributed by atoms with Crippen molar-refractivity contribution in [1.82, 2.24) is 9.66 Å². The largest absolute Gasteiger partial charge is 0.496 e. The molecule has 0 aliphatic carbocycles. The molecule has 0 bridgehead atoms. The minimum absolute atomic E-state index is 0.208. The molecule has 0 spiro atoms. The van der Waals surface area contributed by atoms with Crippen LogP contribution < -0.4 is 24.5 Å². The molecular formula is C32H22BrN3O6. The van der Waals surface area contributed by atoms with E-state index in [4.69, 9.17) is 28.3 Å². The molecule has 4 aromatic carbocycles. The van der Waals surface area contributed by atoms with Crippen LogP contribution in [0.5, 0.6) is 23.0 Å². The summed E-state index contributed by atoms with van der Waals surface area (Å²) in [6, 6.07) is 25.7. The monoisotopic (exact) mass is 623 g/mol. The number of rotatable bonds is 7. The normalized spacial score (nSPS) is 12.4. The molecule has 42 heavy (non-hydrogen) atoms. The van der Waals surface area contributed by atoms with Crippen LogP contribution in [0.4, 0.5) is 0 Å². The molecule has 7 rings (SSSR count). The van der Waals surface area contributed by atoms with Gasteiger partial charge in [0.2, 0.25) is 12.6 Å². The van der Waals surface area contributed by atoms with Crippen LogP contribution in [-0.4, -0.2) is 29.8 Å². The fourth-order valence-electron chi connectivity index (χ4n) is 4.78. The number of furan rings is 1. The first-order valence-corrected chi connectivity index (χ1v) is 13.8. The number of ether oxygens (including phenoxy) is 4. The van der Waals surface area contributed by atoms with Crippen LogP contribution in [0.1, 0.15) is 11.1 Å². The van der Waals surface area contributed by atoms with Crippen LogP contribution in [-0.2, 0) is 6.61 Å². The van der Waals surface area contributed by atoms with E-state index in [-0.39, 0.29) is 18.2 Å². The average Bonchev–Trinajstić information content (AvgIpc) is 3.67. The van der Waals surface area contributed by atoms with Crippen molar-refractivity contribution in [3.8, 4) is 34.6 Å². The first kappa shape index (κ1) is 25.8. The van der Waals surface area contributed by atoms with Gasteiger partial charge < -0.3 is 23.4 Å². The predicted molar refractivity (Wildman–Crippen MR) is 162 cm³/mol. The summed E-state index contributed by atoms with van der Waals surface area (Å²) in [5, 5.41) is 5.80. The number of hydrogen-bond donors (Lipinski definition) is 0. The highest BCUT2D eigenvalue weighted by molar-refractivity contribution is 9.10. The molecule has 3 heterocycles. The first-order valence-electron chi connectivity index (χ1n) is 13.0. The van der Waals surface area contributed by atoms with Crippen LogP contribution in [0.2, 0.25) is 0 Å². The number of hydrogen-bond acceptors (Lipinski definition) is 8. The van der Waals surface area contributed by atoms with Gasteiger partial charge in [-0.15, -0.1) is 0 Å². The molecule has 208 valence electrons. The minimum atomic E-state index is -0.336. The van der Waals surface area contributed by atoms with Gasteiger partial charge in [-0.25, -0.2) is 4.98 Å². The molecule has 0 unspecified atom stereocenters. The van der Waals surface area contributed by atoms with Crippen molar-refractivity contribution in [1.29, 1.82) is 0 Å². The van der Waals surface area contributed by atoms with Crippen molar-refractivity contribution in [3.63, 3.8) is 0 Å². The number of methoxy groups -OCH3 is 1. The number of para-hydroxylation sites is 1. The SMILES string of the molecule is COc1cccc2oc(-c3nc4ccccc4c(=O)n3N=Cc3cc(Br)ccc3OCc3ccc4c(c3)OCO4)cc12. The summed E-state index contributed by atoms with van der Waals surface area (Å²) >= 11 is 3.53. The van der Waals surface area contributed by atoms with E-state index in [9.17, 15) is 4.79 Å². The van der Waals surface area contributed by atoms with Crippen molar-refractivity contribution in [2.75, 3.05) is 13.9 Å². The van der Waals surface area contributed by atoms with Crippen LogP contribution >= 0.6 is 15.9 Å². The smallest absolute Gasteiger partial charge is 0.282 e. The lowest BCUT2D eigenvalue weighted by Crippen LogP contribution is -2.20. The fraction of sp³-hybridized carbons (Fsp3) is 0.0938. The van der Waals surface area contributed by atoms with E-state index >= 15 is 0 Å². The molecule has 0 saturated carbocycles. The quantitative estimate of drug-likeness (QED) is 0.181. The van der Waals surface area contributed by atoms with Crippen LogP contribution in [0.15, 0.2) is 104 Å². The Hall–Kier alpha value is -5.09. The Bertz CT molecular complexity index is 2070. The fourth-order valence-corrected chi connectivity index (χ4v) is 5.15. The molecule has 10 heteroatoms. The van der Waals surface area contributed by atoms with Crippen LogP contribution in [0, 0.1) is 0 Å². The maximum absolute atomic E-state index is 13.7. The number of aromatic nitrogens is 2. The molecule has 6 aromatic rings. The zero-order valence-corrected chi connectivity index (χ0v) is 23.8. The standard InChI is InChI=1S/C32H22BrN3O6/c1-38-26-7-4-8-27-23(26)15-30(42-27)31-35-24-6-3-2-5-22(24)32(37)36(31)34-16-20-14-21(33)10-12-25(20)39-17-19-9-11-28-29(13-19)41-18-40-28/h2-16H,17-18H2,1H3. The number of halogens is 1. The molecule has 9 nitrogen and oxygen atoms in total. The van der Waals surface area contributed by atoms with Crippen molar-refractivity contribution < 1.29 is 23.4 Å². The summed E-state index contributed by atoms with van der Waals surface area (Å²) in [5.41, 5.74) is 2.38. The Balaban J connectivity index is 1.29. The average molecular weight is 624 g/mol. The molecule has 0 N–H and O–H groups in total. The summed E-state index contributed by atoms with van der Waals surface area (Å²) in [6.07, 6.45) is 1.57. The van der Waals surface area contributed by atoms with Gasteiger partial charge in [0.15, 0.2) is 17.3 Å². The molecule has 0 radical (unpaired) electrons. The van der Waals surface area contributed by atoms with Crippen molar-refractivity contribution >= 4 is 44.0 Å². The number of benzene rings is 4. The van der Waals surface area contributed by atoms with E-state index in [1.54, 1.807) is 37.6 Å². The predicted octanol–water partition coefficient (Wildman–Crippen LogP) is 6.77. The highest BCUT2D eigenvalue weighted by Gasteiger charge is 2.18. The third-order valence-electron chi connectivity index (χ3n) is 6.83. The van der Waals surface area contributed by atoms with Crippen molar-refractivity contribution in [2.24, 2.45) is 5.10 Å². The summed E-state index contributed by atoms with van der Waals surface area (Å²) in [5.74, 6) is 3.26.